The summed E-state index contributed by atoms with van der Waals surface area (Å²) in [5.41, 5.74) is 0.693. The van der Waals surface area contributed by atoms with Crippen LogP contribution in [0, 0.1) is 30.1 Å². The van der Waals surface area contributed by atoms with Gasteiger partial charge in [-0.2, -0.15) is 0 Å². The number of fused-ring (bicyclic) bond motifs is 1. The van der Waals surface area contributed by atoms with E-state index in [-0.39, 0.29) is 41.5 Å². The van der Waals surface area contributed by atoms with Crippen molar-refractivity contribution in [1.82, 2.24) is 4.98 Å². The third-order valence-electron chi connectivity index (χ3n) is 8.79. The van der Waals surface area contributed by atoms with E-state index in [0.29, 0.717) is 6.42 Å². The predicted octanol–water partition coefficient (Wildman–Crippen LogP) is 5.53. The smallest absolute Gasteiger partial charge is 0.146 e. The molecule has 1 aromatic heterocycles. The van der Waals surface area contributed by atoms with Crippen molar-refractivity contribution in [3.63, 3.8) is 0 Å². The van der Waals surface area contributed by atoms with Gasteiger partial charge in [-0.15, -0.1) is 11.3 Å². The average molecular weight is 520 g/mol. The minimum atomic E-state index is -1.12. The van der Waals surface area contributed by atoms with E-state index in [4.69, 9.17) is 4.74 Å². The van der Waals surface area contributed by atoms with Crippen molar-refractivity contribution in [1.29, 1.82) is 0 Å². The quantitative estimate of drug-likeness (QED) is 0.509. The molecule has 0 spiro atoms. The van der Waals surface area contributed by atoms with Crippen LogP contribution in [0.2, 0.25) is 0 Å². The van der Waals surface area contributed by atoms with Gasteiger partial charge >= 0.3 is 0 Å². The van der Waals surface area contributed by atoms with Crippen LogP contribution in [0.5, 0.6) is 0 Å². The van der Waals surface area contributed by atoms with Crippen LogP contribution in [0.1, 0.15) is 97.2 Å². The third-order valence-corrected chi connectivity index (χ3v) is 9.58. The Kier molecular flexibility index (Phi) is 9.35. The number of ether oxygens (including phenoxy) is 1. The predicted molar refractivity (Wildman–Crippen MR) is 144 cm³/mol. The number of aliphatic hydroxyl groups excluding tert-OH is 2. The molecule has 1 aliphatic heterocycles. The molecule has 3 unspecified atom stereocenters. The number of hydrogen-bond donors (Lipinski definition) is 2. The van der Waals surface area contributed by atoms with Gasteiger partial charge in [-0.05, 0) is 57.4 Å². The molecular weight excluding hydrogens is 474 g/mol. The molecule has 1 aliphatic carbocycles. The zero-order valence-electron chi connectivity index (χ0n) is 23.0. The molecule has 0 bridgehead atoms. The molecule has 0 amide bonds. The number of rotatable bonds is 3. The normalized spacial score (nSPS) is 37.0. The zero-order valence-corrected chi connectivity index (χ0v) is 23.9. The number of aromatic nitrogens is 1. The van der Waals surface area contributed by atoms with Gasteiger partial charge in [0.25, 0.3) is 0 Å². The molecule has 2 heterocycles. The molecule has 1 saturated heterocycles. The maximum Gasteiger partial charge on any atom is 0.146 e. The largest absolute Gasteiger partial charge is 0.392 e. The molecule has 0 radical (unpaired) electrons. The van der Waals surface area contributed by atoms with E-state index in [2.05, 4.69) is 24.9 Å². The van der Waals surface area contributed by atoms with Crippen LogP contribution in [0.25, 0.3) is 6.08 Å². The first-order valence-corrected chi connectivity index (χ1v) is 14.4. The van der Waals surface area contributed by atoms with Gasteiger partial charge in [0.15, 0.2) is 0 Å². The number of carbonyl (C=O) groups is 2. The lowest BCUT2D eigenvalue weighted by atomic mass is 9.72. The summed E-state index contributed by atoms with van der Waals surface area (Å²) in [6.45, 7) is 13.3. The number of epoxide rings is 1. The van der Waals surface area contributed by atoms with Crippen molar-refractivity contribution >= 4 is 29.0 Å². The van der Waals surface area contributed by atoms with Crippen LogP contribution >= 0.6 is 11.3 Å². The minimum Gasteiger partial charge on any atom is -0.392 e. The molecule has 7 heteroatoms. The summed E-state index contributed by atoms with van der Waals surface area (Å²) in [6, 6.07) is 0. The van der Waals surface area contributed by atoms with E-state index in [0.717, 1.165) is 48.4 Å². The first-order valence-electron chi connectivity index (χ1n) is 13.5. The van der Waals surface area contributed by atoms with Crippen molar-refractivity contribution in [2.24, 2.45) is 23.2 Å². The summed E-state index contributed by atoms with van der Waals surface area (Å²) in [6.07, 6.45) is 4.76. The lowest BCUT2D eigenvalue weighted by Crippen LogP contribution is -2.45. The first-order chi connectivity index (χ1) is 16.8. The second-order valence-corrected chi connectivity index (χ2v) is 12.9. The van der Waals surface area contributed by atoms with Gasteiger partial charge in [0, 0.05) is 24.1 Å². The number of thiazole rings is 1. The van der Waals surface area contributed by atoms with Gasteiger partial charge < -0.3 is 14.9 Å². The molecular formula is C29H45NO5S. The number of allylic oxidation sites excluding steroid dienone is 1. The van der Waals surface area contributed by atoms with Gasteiger partial charge in [-0.25, -0.2) is 4.98 Å². The standard InChI is InChI=1S/C29H45NO5S/c1-8-29-11-9-10-17(2)26(33)19(4)27(34)28(6,7)24(32)15-23(31)13-21(14-25(29)35-29)18(3)12-22-16-36-20(5)30-22/h12,16-17,19,21,24-26,32-33H,8-11,13-15H2,1-7H3/b18-12+/t17?,19?,21-,24?,25-,26-,29+/m0/s1. The second kappa shape index (κ2) is 11.5. The van der Waals surface area contributed by atoms with Crippen molar-refractivity contribution in [2.75, 3.05) is 0 Å². The molecule has 1 saturated carbocycles. The first kappa shape index (κ1) is 29.2. The summed E-state index contributed by atoms with van der Waals surface area (Å²) in [5, 5.41) is 24.9. The van der Waals surface area contributed by atoms with Gasteiger partial charge in [0.05, 0.1) is 40.0 Å². The fraction of sp³-hybridized carbons (Fsp3) is 0.759. The van der Waals surface area contributed by atoms with E-state index in [1.165, 1.54) is 0 Å². The maximum atomic E-state index is 13.3. The average Bonchev–Trinajstić information content (AvgIpc) is 3.35. The third kappa shape index (κ3) is 6.53. The Balaban J connectivity index is 1.88. The van der Waals surface area contributed by atoms with Crippen LogP contribution in [0.15, 0.2) is 11.0 Å². The molecule has 36 heavy (non-hydrogen) atoms. The summed E-state index contributed by atoms with van der Waals surface area (Å²) in [4.78, 5) is 31.1. The van der Waals surface area contributed by atoms with Gasteiger partial charge in [-0.3, -0.25) is 9.59 Å². The molecule has 1 aromatic rings. The molecule has 7 atom stereocenters. The van der Waals surface area contributed by atoms with E-state index in [9.17, 15) is 19.8 Å². The van der Waals surface area contributed by atoms with E-state index < -0.39 is 23.5 Å². The Hall–Kier alpha value is -1.41. The van der Waals surface area contributed by atoms with Crippen molar-refractivity contribution in [3.05, 3.63) is 21.7 Å². The maximum absolute atomic E-state index is 13.3. The number of nitrogens with zero attached hydrogens (tertiary/aromatic N) is 1. The lowest BCUT2D eigenvalue weighted by Gasteiger charge is -2.34. The highest BCUT2D eigenvalue weighted by atomic mass is 32.1. The van der Waals surface area contributed by atoms with E-state index >= 15 is 0 Å². The summed E-state index contributed by atoms with van der Waals surface area (Å²) >= 11 is 1.60. The topological polar surface area (TPSA) is 100 Å². The molecule has 0 aromatic carbocycles. The highest BCUT2D eigenvalue weighted by Gasteiger charge is 2.54. The van der Waals surface area contributed by atoms with Crippen molar-refractivity contribution in [2.45, 2.75) is 117 Å². The SMILES string of the molecule is CC[C@@]12CCCC(C)[C@H](O)C(C)C(=O)C(C)(C)C(O)CC(=O)C[C@H](/C(C)=C/c3csc(C)n3)C[C@@H]1O2. The molecule has 2 N–H and O–H groups in total. The molecule has 2 fully saturated rings. The minimum absolute atomic E-state index is 0.0171. The molecule has 2 aliphatic rings. The summed E-state index contributed by atoms with van der Waals surface area (Å²) in [7, 11) is 0. The Labute approximate surface area is 220 Å². The number of aryl methyl sites for hydroxylation is 1. The van der Waals surface area contributed by atoms with Crippen molar-refractivity contribution in [3.8, 4) is 0 Å². The van der Waals surface area contributed by atoms with Crippen LogP contribution in [-0.4, -0.2) is 50.7 Å². The van der Waals surface area contributed by atoms with E-state index in [1.54, 1.807) is 32.1 Å². The Morgan fingerprint density at radius 2 is 1.94 bits per heavy atom. The van der Waals surface area contributed by atoms with Crippen LogP contribution in [-0.2, 0) is 14.3 Å². The number of aliphatic hydroxyl groups is 2. The Morgan fingerprint density at radius 1 is 1.25 bits per heavy atom. The van der Waals surface area contributed by atoms with Gasteiger partial charge in [0.1, 0.15) is 11.6 Å². The summed E-state index contributed by atoms with van der Waals surface area (Å²) in [5.74, 6) is -0.936. The highest BCUT2D eigenvalue weighted by molar-refractivity contribution is 7.09. The van der Waals surface area contributed by atoms with Crippen molar-refractivity contribution < 1.29 is 24.5 Å². The van der Waals surface area contributed by atoms with Gasteiger partial charge in [0.2, 0.25) is 0 Å². The number of ketones is 2. The highest BCUT2D eigenvalue weighted by Crippen LogP contribution is 2.49. The number of Topliss-reactive ketones (excluding diaryl/α,β-unsaturated/α-hetero) is 2. The number of carbonyl (C=O) groups excluding carboxylic acids is 2. The molecule has 202 valence electrons. The van der Waals surface area contributed by atoms with Crippen LogP contribution in [0.4, 0.5) is 0 Å². The zero-order chi connectivity index (χ0) is 26.8. The Morgan fingerprint density at radius 3 is 2.56 bits per heavy atom. The van der Waals surface area contributed by atoms with Gasteiger partial charge in [-0.1, -0.05) is 46.6 Å². The Bertz CT molecular complexity index is 969. The lowest BCUT2D eigenvalue weighted by molar-refractivity contribution is -0.143. The fourth-order valence-electron chi connectivity index (χ4n) is 5.83. The molecule has 3 rings (SSSR count). The monoisotopic (exact) mass is 519 g/mol. The second-order valence-electron chi connectivity index (χ2n) is 11.8. The summed E-state index contributed by atoms with van der Waals surface area (Å²) < 4.78 is 6.29. The van der Waals surface area contributed by atoms with E-state index in [1.807, 2.05) is 19.2 Å². The van der Waals surface area contributed by atoms with Crippen LogP contribution < -0.4 is 0 Å². The fourth-order valence-corrected chi connectivity index (χ4v) is 6.40. The van der Waals surface area contributed by atoms with Crippen LogP contribution in [0.3, 0.4) is 0 Å². The number of hydrogen-bond acceptors (Lipinski definition) is 7. The molecule has 6 nitrogen and oxygen atoms in total.